The second-order valence-corrected chi connectivity index (χ2v) is 4.58. The maximum absolute atomic E-state index is 10.5. The third-order valence-corrected chi connectivity index (χ3v) is 3.17. The topological polar surface area (TPSA) is 51.0 Å². The lowest BCUT2D eigenvalue weighted by Gasteiger charge is -2.13. The molecule has 0 aliphatic carbocycles. The van der Waals surface area contributed by atoms with E-state index >= 15 is 0 Å². The molecule has 2 aromatic heterocycles. The summed E-state index contributed by atoms with van der Waals surface area (Å²) in [5, 5.41) is 4.94. The Morgan fingerprint density at radius 1 is 1.56 bits per heavy atom. The van der Waals surface area contributed by atoms with Gasteiger partial charge in [0.1, 0.15) is 0 Å². The number of thiazole rings is 1. The van der Waals surface area contributed by atoms with Gasteiger partial charge in [0.25, 0.3) is 0 Å². The maximum Gasteiger partial charge on any atom is 0.185 e. The van der Waals surface area contributed by atoms with E-state index in [1.165, 1.54) is 11.3 Å². The van der Waals surface area contributed by atoms with Gasteiger partial charge in [-0.1, -0.05) is 11.3 Å². The van der Waals surface area contributed by atoms with Crippen molar-refractivity contribution in [2.24, 2.45) is 7.05 Å². The predicted molar refractivity (Wildman–Crippen MR) is 62.8 cm³/mol. The highest BCUT2D eigenvalue weighted by atomic mass is 32.1. The molecule has 0 amide bonds. The average molecular weight is 236 g/mol. The van der Waals surface area contributed by atoms with Gasteiger partial charge in [-0.15, -0.1) is 0 Å². The summed E-state index contributed by atoms with van der Waals surface area (Å²) in [5.74, 6) is 0. The van der Waals surface area contributed by atoms with Crippen molar-refractivity contribution in [1.82, 2.24) is 14.8 Å². The highest BCUT2D eigenvalue weighted by Crippen LogP contribution is 2.21. The molecule has 0 saturated heterocycles. The van der Waals surface area contributed by atoms with Crippen LogP contribution in [0.25, 0.3) is 0 Å². The summed E-state index contributed by atoms with van der Waals surface area (Å²) in [4.78, 5) is 17.4. The number of aryl methyl sites for hydroxylation is 1. The number of nitrogens with zero attached hydrogens (tertiary/aromatic N) is 4. The van der Waals surface area contributed by atoms with Gasteiger partial charge in [0, 0.05) is 32.4 Å². The Labute approximate surface area is 97.3 Å². The molecule has 0 aromatic carbocycles. The van der Waals surface area contributed by atoms with Crippen LogP contribution >= 0.6 is 11.3 Å². The monoisotopic (exact) mass is 236 g/mol. The molecule has 5 nitrogen and oxygen atoms in total. The number of aromatic nitrogens is 3. The van der Waals surface area contributed by atoms with Gasteiger partial charge in [-0.2, -0.15) is 5.10 Å². The van der Waals surface area contributed by atoms with Crippen molar-refractivity contribution in [2.75, 3.05) is 11.9 Å². The van der Waals surface area contributed by atoms with Crippen LogP contribution in [0.5, 0.6) is 0 Å². The molecular formula is C10H12N4OS. The zero-order valence-corrected chi connectivity index (χ0v) is 9.94. The molecule has 84 valence electrons. The minimum atomic E-state index is 0.646. The fourth-order valence-corrected chi connectivity index (χ4v) is 2.09. The Bertz CT molecular complexity index is 490. The number of anilines is 1. The van der Waals surface area contributed by atoms with Gasteiger partial charge >= 0.3 is 0 Å². The minimum absolute atomic E-state index is 0.646. The van der Waals surface area contributed by atoms with Crippen molar-refractivity contribution in [3.63, 3.8) is 0 Å². The molecule has 0 fully saturated rings. The number of hydrogen-bond donors (Lipinski definition) is 0. The van der Waals surface area contributed by atoms with Gasteiger partial charge in [-0.05, 0) is 0 Å². The quantitative estimate of drug-likeness (QED) is 0.751. The molecule has 16 heavy (non-hydrogen) atoms. The summed E-state index contributed by atoms with van der Waals surface area (Å²) in [5.41, 5.74) is 1.12. The predicted octanol–water partition coefficient (Wildman–Crippen LogP) is 1.33. The Kier molecular flexibility index (Phi) is 3.00. The van der Waals surface area contributed by atoms with Crippen LogP contribution in [0.1, 0.15) is 15.2 Å². The molecule has 6 heteroatoms. The van der Waals surface area contributed by atoms with Gasteiger partial charge in [-0.25, -0.2) is 4.98 Å². The fourth-order valence-electron chi connectivity index (χ4n) is 1.40. The van der Waals surface area contributed by atoms with E-state index in [1.807, 2.05) is 31.4 Å². The average Bonchev–Trinajstić information content (AvgIpc) is 2.87. The zero-order valence-electron chi connectivity index (χ0n) is 9.12. The van der Waals surface area contributed by atoms with Crippen LogP contribution in [0.2, 0.25) is 0 Å². The summed E-state index contributed by atoms with van der Waals surface area (Å²) in [6.07, 6.45) is 6.20. The van der Waals surface area contributed by atoms with Crippen molar-refractivity contribution in [1.29, 1.82) is 0 Å². The summed E-state index contributed by atoms with van der Waals surface area (Å²) < 4.78 is 1.77. The van der Waals surface area contributed by atoms with Crippen LogP contribution in [0.3, 0.4) is 0 Å². The Balaban J connectivity index is 2.07. The first-order valence-corrected chi connectivity index (χ1v) is 5.60. The normalized spacial score (nSPS) is 10.4. The lowest BCUT2D eigenvalue weighted by atomic mass is 10.3. The van der Waals surface area contributed by atoms with Gasteiger partial charge in [0.2, 0.25) is 0 Å². The third kappa shape index (κ3) is 2.27. The summed E-state index contributed by atoms with van der Waals surface area (Å²) in [7, 11) is 3.83. The zero-order chi connectivity index (χ0) is 11.5. The smallest absolute Gasteiger partial charge is 0.185 e. The lowest BCUT2D eigenvalue weighted by molar-refractivity contribution is 0.112. The van der Waals surface area contributed by atoms with Crippen molar-refractivity contribution >= 4 is 22.8 Å². The maximum atomic E-state index is 10.5. The van der Waals surface area contributed by atoms with E-state index in [9.17, 15) is 4.79 Å². The van der Waals surface area contributed by atoms with E-state index in [-0.39, 0.29) is 0 Å². The summed E-state index contributed by atoms with van der Waals surface area (Å²) >= 11 is 1.39. The van der Waals surface area contributed by atoms with Crippen LogP contribution in [0.15, 0.2) is 18.6 Å². The SMILES string of the molecule is CN(Cc1cnn(C)c1)c1ncc(C=O)s1. The fraction of sp³-hybridized carbons (Fsp3) is 0.300. The van der Waals surface area contributed by atoms with E-state index < -0.39 is 0 Å². The lowest BCUT2D eigenvalue weighted by Crippen LogP contribution is -2.15. The van der Waals surface area contributed by atoms with E-state index in [1.54, 1.807) is 10.9 Å². The first kappa shape index (κ1) is 10.8. The molecule has 0 spiro atoms. The van der Waals surface area contributed by atoms with E-state index in [0.29, 0.717) is 4.88 Å². The number of carbonyl (C=O) groups excluding carboxylic acids is 1. The van der Waals surface area contributed by atoms with Gasteiger partial charge in [0.15, 0.2) is 11.4 Å². The Morgan fingerprint density at radius 3 is 2.94 bits per heavy atom. The first-order chi connectivity index (χ1) is 7.69. The Hall–Kier alpha value is -1.69. The van der Waals surface area contributed by atoms with Crippen molar-refractivity contribution < 1.29 is 4.79 Å². The summed E-state index contributed by atoms with van der Waals surface area (Å²) in [6.45, 7) is 0.736. The van der Waals surface area contributed by atoms with Crippen LogP contribution < -0.4 is 4.90 Å². The molecule has 0 aliphatic rings. The van der Waals surface area contributed by atoms with E-state index in [0.717, 1.165) is 23.5 Å². The molecule has 0 radical (unpaired) electrons. The van der Waals surface area contributed by atoms with Crippen LogP contribution in [0.4, 0.5) is 5.13 Å². The molecule has 0 atom stereocenters. The molecule has 0 bridgehead atoms. The van der Waals surface area contributed by atoms with Gasteiger partial charge in [0.05, 0.1) is 17.3 Å². The molecule has 0 unspecified atom stereocenters. The molecule has 2 heterocycles. The molecular weight excluding hydrogens is 224 g/mol. The highest BCUT2D eigenvalue weighted by Gasteiger charge is 2.08. The third-order valence-electron chi connectivity index (χ3n) is 2.13. The largest absolute Gasteiger partial charge is 0.347 e. The van der Waals surface area contributed by atoms with E-state index in [2.05, 4.69) is 10.1 Å². The van der Waals surface area contributed by atoms with Crippen molar-refractivity contribution in [2.45, 2.75) is 6.54 Å². The molecule has 0 N–H and O–H groups in total. The van der Waals surface area contributed by atoms with Gasteiger partial charge in [-0.3, -0.25) is 9.48 Å². The molecule has 2 aromatic rings. The van der Waals surface area contributed by atoms with Crippen LogP contribution in [-0.4, -0.2) is 28.1 Å². The van der Waals surface area contributed by atoms with E-state index in [4.69, 9.17) is 0 Å². The molecule has 2 rings (SSSR count). The second-order valence-electron chi connectivity index (χ2n) is 3.54. The second kappa shape index (κ2) is 4.44. The van der Waals surface area contributed by atoms with Gasteiger partial charge < -0.3 is 4.90 Å². The molecule has 0 saturated carbocycles. The van der Waals surface area contributed by atoms with Crippen LogP contribution in [0, 0.1) is 0 Å². The number of carbonyl (C=O) groups is 1. The highest BCUT2D eigenvalue weighted by molar-refractivity contribution is 7.17. The number of rotatable bonds is 4. The Morgan fingerprint density at radius 2 is 2.38 bits per heavy atom. The summed E-state index contributed by atoms with van der Waals surface area (Å²) in [6, 6.07) is 0. The standard InChI is InChI=1S/C10H12N4OS/c1-13(5-8-3-12-14(2)6-8)10-11-4-9(7-15)16-10/h3-4,6-7H,5H2,1-2H3. The minimum Gasteiger partial charge on any atom is -0.347 e. The molecule has 0 aliphatic heterocycles. The number of aldehydes is 1. The van der Waals surface area contributed by atoms with Crippen molar-refractivity contribution in [3.05, 3.63) is 29.0 Å². The van der Waals surface area contributed by atoms with Crippen molar-refractivity contribution in [3.8, 4) is 0 Å². The first-order valence-electron chi connectivity index (χ1n) is 4.78. The van der Waals surface area contributed by atoms with Crippen LogP contribution in [-0.2, 0) is 13.6 Å². The number of hydrogen-bond acceptors (Lipinski definition) is 5.